The molecule has 2 heterocycles. The van der Waals surface area contributed by atoms with Crippen LogP contribution in [-0.4, -0.2) is 23.4 Å². The van der Waals surface area contributed by atoms with Crippen molar-refractivity contribution in [2.75, 3.05) is 6.54 Å². The Morgan fingerprint density at radius 2 is 2.09 bits per heavy atom. The first-order valence-electron chi connectivity index (χ1n) is 7.76. The summed E-state index contributed by atoms with van der Waals surface area (Å²) < 4.78 is 0. The molecule has 0 bridgehead atoms. The van der Waals surface area contributed by atoms with Gasteiger partial charge in [0.2, 0.25) is 5.91 Å². The number of nitrogens with one attached hydrogen (secondary N) is 1. The Labute approximate surface area is 136 Å². The van der Waals surface area contributed by atoms with Gasteiger partial charge in [0, 0.05) is 24.5 Å². The summed E-state index contributed by atoms with van der Waals surface area (Å²) in [7, 11) is 0. The monoisotopic (exact) mass is 314 g/mol. The molecule has 0 saturated carbocycles. The summed E-state index contributed by atoms with van der Waals surface area (Å²) in [5.41, 5.74) is 3.77. The van der Waals surface area contributed by atoms with Crippen LogP contribution in [0.4, 0.5) is 0 Å². The van der Waals surface area contributed by atoms with Gasteiger partial charge in [-0.1, -0.05) is 29.8 Å². The number of aryl methyl sites for hydroxylation is 1. The van der Waals surface area contributed by atoms with E-state index in [1.807, 2.05) is 18.3 Å². The summed E-state index contributed by atoms with van der Waals surface area (Å²) in [5.74, 6) is 0.110. The van der Waals surface area contributed by atoms with Crippen LogP contribution in [0.15, 0.2) is 35.7 Å². The fourth-order valence-electron chi connectivity index (χ4n) is 2.81. The van der Waals surface area contributed by atoms with E-state index in [0.717, 1.165) is 25.1 Å². The highest BCUT2D eigenvalue weighted by atomic mass is 32.1. The first-order chi connectivity index (χ1) is 10.6. The van der Waals surface area contributed by atoms with Crippen molar-refractivity contribution in [1.29, 1.82) is 0 Å². The lowest BCUT2D eigenvalue weighted by Crippen LogP contribution is -2.46. The van der Waals surface area contributed by atoms with E-state index in [2.05, 4.69) is 52.9 Å². The van der Waals surface area contributed by atoms with Crippen LogP contribution in [-0.2, 0) is 24.3 Å². The van der Waals surface area contributed by atoms with E-state index >= 15 is 0 Å². The average molecular weight is 314 g/mol. The number of amides is 1. The molecule has 1 aromatic carbocycles. The van der Waals surface area contributed by atoms with E-state index in [4.69, 9.17) is 0 Å². The molecular weight excluding hydrogens is 292 g/mol. The summed E-state index contributed by atoms with van der Waals surface area (Å²) in [6, 6.07) is 10.4. The van der Waals surface area contributed by atoms with Gasteiger partial charge >= 0.3 is 0 Å². The molecule has 3 rings (SSSR count). The highest BCUT2D eigenvalue weighted by Crippen LogP contribution is 2.25. The zero-order chi connectivity index (χ0) is 15.5. The van der Waals surface area contributed by atoms with E-state index in [1.165, 1.54) is 16.0 Å². The molecule has 4 heteroatoms. The molecule has 1 aliphatic rings. The molecule has 3 nitrogen and oxygen atoms in total. The second kappa shape index (κ2) is 6.63. The molecule has 0 saturated heterocycles. The van der Waals surface area contributed by atoms with Gasteiger partial charge in [-0.05, 0) is 42.8 Å². The number of hydrogen-bond acceptors (Lipinski definition) is 3. The topological polar surface area (TPSA) is 32.3 Å². The van der Waals surface area contributed by atoms with Crippen LogP contribution in [0, 0.1) is 6.92 Å². The third-order valence-electron chi connectivity index (χ3n) is 4.35. The molecule has 0 radical (unpaired) electrons. The second-order valence-electron chi connectivity index (χ2n) is 5.97. The number of thiophene rings is 1. The maximum absolute atomic E-state index is 12.4. The normalized spacial score (nSPS) is 16.1. The van der Waals surface area contributed by atoms with Crippen molar-refractivity contribution in [3.8, 4) is 0 Å². The Morgan fingerprint density at radius 1 is 1.32 bits per heavy atom. The highest BCUT2D eigenvalue weighted by molar-refractivity contribution is 7.10. The molecule has 22 heavy (non-hydrogen) atoms. The van der Waals surface area contributed by atoms with Gasteiger partial charge in [-0.2, -0.15) is 0 Å². The van der Waals surface area contributed by atoms with Gasteiger partial charge in [0.25, 0.3) is 0 Å². The minimum atomic E-state index is -0.0847. The zero-order valence-corrected chi connectivity index (χ0v) is 14.0. The minimum Gasteiger partial charge on any atom is -0.351 e. The van der Waals surface area contributed by atoms with Crippen molar-refractivity contribution in [2.45, 2.75) is 39.4 Å². The Balaban J connectivity index is 1.55. The van der Waals surface area contributed by atoms with Crippen molar-refractivity contribution >= 4 is 17.2 Å². The Hall–Kier alpha value is -1.65. The number of nitrogens with zero attached hydrogens (tertiary/aromatic N) is 1. The van der Waals surface area contributed by atoms with E-state index in [1.54, 1.807) is 0 Å². The molecule has 116 valence electrons. The number of carbonyl (C=O) groups excluding carboxylic acids is 1. The lowest BCUT2D eigenvalue weighted by molar-refractivity contribution is -0.126. The van der Waals surface area contributed by atoms with Crippen LogP contribution in [0.5, 0.6) is 0 Å². The van der Waals surface area contributed by atoms with Crippen molar-refractivity contribution < 1.29 is 4.79 Å². The molecule has 0 unspecified atom stereocenters. The molecule has 1 aromatic heterocycles. The SMILES string of the molecule is Cc1ccc(CNC(=O)[C@H](C)N2CCc3sccc3C2)cc1. The van der Waals surface area contributed by atoms with Crippen LogP contribution < -0.4 is 5.32 Å². The van der Waals surface area contributed by atoms with E-state index < -0.39 is 0 Å². The van der Waals surface area contributed by atoms with Gasteiger partial charge in [-0.3, -0.25) is 9.69 Å². The van der Waals surface area contributed by atoms with Gasteiger partial charge < -0.3 is 5.32 Å². The Morgan fingerprint density at radius 3 is 2.86 bits per heavy atom. The van der Waals surface area contributed by atoms with Crippen molar-refractivity contribution in [3.63, 3.8) is 0 Å². The predicted molar refractivity (Wildman–Crippen MR) is 90.9 cm³/mol. The maximum Gasteiger partial charge on any atom is 0.237 e. The number of hydrogen-bond donors (Lipinski definition) is 1. The molecule has 2 aromatic rings. The van der Waals surface area contributed by atoms with E-state index in [-0.39, 0.29) is 11.9 Å². The Kier molecular flexibility index (Phi) is 4.60. The molecule has 0 aliphatic carbocycles. The fraction of sp³-hybridized carbons (Fsp3) is 0.389. The molecule has 1 amide bonds. The number of fused-ring (bicyclic) bond motifs is 1. The first-order valence-corrected chi connectivity index (χ1v) is 8.64. The van der Waals surface area contributed by atoms with E-state index in [9.17, 15) is 4.79 Å². The summed E-state index contributed by atoms with van der Waals surface area (Å²) in [4.78, 5) is 16.1. The van der Waals surface area contributed by atoms with Crippen LogP contribution in [0.2, 0.25) is 0 Å². The lowest BCUT2D eigenvalue weighted by Gasteiger charge is -2.31. The second-order valence-corrected chi connectivity index (χ2v) is 6.97. The fourth-order valence-corrected chi connectivity index (χ4v) is 3.70. The lowest BCUT2D eigenvalue weighted by atomic mass is 10.1. The average Bonchev–Trinajstić information content (AvgIpc) is 3.00. The standard InChI is InChI=1S/C18H22N2OS/c1-13-3-5-15(6-4-13)11-19-18(21)14(2)20-9-7-17-16(12-20)8-10-22-17/h3-6,8,10,14H,7,9,11-12H2,1-2H3,(H,19,21)/t14-/m0/s1. The summed E-state index contributed by atoms with van der Waals surface area (Å²) in [6.45, 7) is 6.52. The van der Waals surface area contributed by atoms with Gasteiger partial charge in [0.1, 0.15) is 0 Å². The molecule has 1 atom stereocenters. The molecule has 0 fully saturated rings. The summed E-state index contributed by atoms with van der Waals surface area (Å²) in [6.07, 6.45) is 1.06. The van der Waals surface area contributed by atoms with E-state index in [0.29, 0.717) is 6.54 Å². The summed E-state index contributed by atoms with van der Waals surface area (Å²) >= 11 is 1.83. The number of benzene rings is 1. The van der Waals surface area contributed by atoms with Crippen molar-refractivity contribution in [2.24, 2.45) is 0 Å². The van der Waals surface area contributed by atoms with Crippen LogP contribution >= 0.6 is 11.3 Å². The van der Waals surface area contributed by atoms with Gasteiger partial charge in [-0.25, -0.2) is 0 Å². The number of rotatable bonds is 4. The van der Waals surface area contributed by atoms with Crippen LogP contribution in [0.1, 0.15) is 28.5 Å². The quantitative estimate of drug-likeness (QED) is 0.940. The van der Waals surface area contributed by atoms with Gasteiger partial charge in [0.15, 0.2) is 0 Å². The smallest absolute Gasteiger partial charge is 0.237 e. The number of carbonyl (C=O) groups is 1. The first kappa shape index (κ1) is 15.3. The van der Waals surface area contributed by atoms with Gasteiger partial charge in [-0.15, -0.1) is 11.3 Å². The third kappa shape index (κ3) is 3.39. The molecule has 1 aliphatic heterocycles. The van der Waals surface area contributed by atoms with Crippen LogP contribution in [0.3, 0.4) is 0 Å². The Bertz CT molecular complexity index is 647. The molecule has 0 spiro atoms. The zero-order valence-electron chi connectivity index (χ0n) is 13.1. The summed E-state index contributed by atoms with van der Waals surface area (Å²) in [5, 5.41) is 5.20. The van der Waals surface area contributed by atoms with Gasteiger partial charge in [0.05, 0.1) is 6.04 Å². The van der Waals surface area contributed by atoms with Crippen LogP contribution in [0.25, 0.3) is 0 Å². The molecule has 1 N–H and O–H groups in total. The third-order valence-corrected chi connectivity index (χ3v) is 5.37. The minimum absolute atomic E-state index is 0.0847. The van der Waals surface area contributed by atoms with Crippen molar-refractivity contribution in [1.82, 2.24) is 10.2 Å². The largest absolute Gasteiger partial charge is 0.351 e. The van der Waals surface area contributed by atoms with Crippen molar-refractivity contribution in [3.05, 3.63) is 57.3 Å². The molecular formula is C18H22N2OS. The predicted octanol–water partition coefficient (Wildman–Crippen LogP) is 3.12. The highest BCUT2D eigenvalue weighted by Gasteiger charge is 2.25. The maximum atomic E-state index is 12.4.